The molecule has 0 saturated carbocycles. The first-order valence-electron chi connectivity index (χ1n) is 10.5. The van der Waals surface area contributed by atoms with E-state index in [0.717, 1.165) is 19.0 Å². The van der Waals surface area contributed by atoms with Gasteiger partial charge in [0.25, 0.3) is 0 Å². The van der Waals surface area contributed by atoms with Crippen molar-refractivity contribution < 1.29 is 18.7 Å². The lowest BCUT2D eigenvalue weighted by molar-refractivity contribution is 0.0236. The maximum Gasteiger partial charge on any atom is 0.411 e. The number of nitrogens with two attached hydrogens (primary N) is 1. The van der Waals surface area contributed by atoms with Crippen LogP contribution < -0.4 is 11.1 Å². The zero-order chi connectivity index (χ0) is 23.4. The maximum atomic E-state index is 14.5. The number of rotatable bonds is 7. The molecule has 4 N–H and O–H groups in total. The fourth-order valence-electron chi connectivity index (χ4n) is 3.83. The van der Waals surface area contributed by atoms with Gasteiger partial charge in [-0.15, -0.1) is 0 Å². The number of hydrogen-bond acceptors (Lipinski definition) is 8. The van der Waals surface area contributed by atoms with Crippen LogP contribution in [0.15, 0.2) is 24.7 Å². The summed E-state index contributed by atoms with van der Waals surface area (Å²) in [6.45, 7) is 0.952. The van der Waals surface area contributed by atoms with Gasteiger partial charge in [0.05, 0.1) is 24.4 Å². The van der Waals surface area contributed by atoms with E-state index < -0.39 is 17.6 Å². The molecule has 10 nitrogen and oxygen atoms in total. The zero-order valence-electron chi connectivity index (χ0n) is 18.1. The van der Waals surface area contributed by atoms with E-state index >= 15 is 0 Å². The van der Waals surface area contributed by atoms with Gasteiger partial charge in [-0.05, 0) is 25.3 Å². The molecule has 0 spiro atoms. The molecule has 4 heterocycles. The number of piperidine rings is 1. The van der Waals surface area contributed by atoms with Gasteiger partial charge >= 0.3 is 6.09 Å². The molecule has 33 heavy (non-hydrogen) atoms. The minimum Gasteiger partial charge on any atom is -0.447 e. The predicted molar refractivity (Wildman–Crippen MR) is 121 cm³/mol. The molecule has 4 rings (SSSR count). The summed E-state index contributed by atoms with van der Waals surface area (Å²) in [5, 5.41) is 4.14. The van der Waals surface area contributed by atoms with E-state index in [2.05, 4.69) is 25.3 Å². The van der Waals surface area contributed by atoms with Crippen molar-refractivity contribution in [1.82, 2.24) is 24.8 Å². The van der Waals surface area contributed by atoms with E-state index in [4.69, 9.17) is 26.8 Å². The highest BCUT2D eigenvalue weighted by Gasteiger charge is 2.39. The lowest BCUT2D eigenvalue weighted by atomic mass is 9.96. The largest absolute Gasteiger partial charge is 0.447 e. The van der Waals surface area contributed by atoms with Crippen LogP contribution >= 0.6 is 11.6 Å². The van der Waals surface area contributed by atoms with E-state index in [-0.39, 0.29) is 19.0 Å². The average molecular weight is 478 g/mol. The monoisotopic (exact) mass is 477 g/mol. The summed E-state index contributed by atoms with van der Waals surface area (Å²) in [5.74, 6) is -0.365. The molecular weight excluding hydrogens is 453 g/mol. The Bertz CT molecular complexity index is 1140. The number of carbonyl (C=O) groups excluding carboxylic acids is 1. The molecule has 3 aromatic rings. The molecule has 176 valence electrons. The molecule has 0 unspecified atom stereocenters. The second kappa shape index (κ2) is 9.86. The number of halogens is 2. The predicted octanol–water partition coefficient (Wildman–Crippen LogP) is 3.15. The molecule has 12 heteroatoms. The topological polar surface area (TPSA) is 131 Å². The number of ether oxygens (including phenoxy) is 2. The minimum absolute atomic E-state index is 0.0209. The van der Waals surface area contributed by atoms with Gasteiger partial charge in [0.15, 0.2) is 17.5 Å². The van der Waals surface area contributed by atoms with Gasteiger partial charge in [-0.2, -0.15) is 0 Å². The SMILES string of the molecule is COCCOC(=O)N1CCCC[C@]1(N)CNc1nc(-c2c[nH]c3ncc(Cl)cc23)ncc1F. The number of hydrogen-bond donors (Lipinski definition) is 3. The third-order valence-corrected chi connectivity index (χ3v) is 5.76. The van der Waals surface area contributed by atoms with Crippen molar-refractivity contribution in [2.45, 2.75) is 24.9 Å². The van der Waals surface area contributed by atoms with E-state index in [9.17, 15) is 9.18 Å². The first-order valence-corrected chi connectivity index (χ1v) is 10.9. The summed E-state index contributed by atoms with van der Waals surface area (Å²) < 4.78 is 24.7. The van der Waals surface area contributed by atoms with E-state index in [1.807, 2.05) is 0 Å². The fourth-order valence-corrected chi connectivity index (χ4v) is 3.98. The Kier molecular flexibility index (Phi) is 6.91. The first-order chi connectivity index (χ1) is 15.9. The Labute approximate surface area is 194 Å². The number of fused-ring (bicyclic) bond motifs is 1. The van der Waals surface area contributed by atoms with Gasteiger partial charge in [0.1, 0.15) is 17.9 Å². The van der Waals surface area contributed by atoms with Crippen LogP contribution in [0.5, 0.6) is 0 Å². The van der Waals surface area contributed by atoms with E-state index in [0.29, 0.717) is 47.0 Å². The highest BCUT2D eigenvalue weighted by molar-refractivity contribution is 6.31. The van der Waals surface area contributed by atoms with Crippen LogP contribution in [-0.4, -0.2) is 70.0 Å². The minimum atomic E-state index is -1.06. The smallest absolute Gasteiger partial charge is 0.411 e. The second-order valence-electron chi connectivity index (χ2n) is 7.82. The van der Waals surface area contributed by atoms with Crippen LogP contribution in [0.3, 0.4) is 0 Å². The van der Waals surface area contributed by atoms with Crippen LogP contribution in [-0.2, 0) is 9.47 Å². The number of aromatic nitrogens is 4. The summed E-state index contributed by atoms with van der Waals surface area (Å²) in [6.07, 6.45) is 5.95. The average Bonchev–Trinajstić information content (AvgIpc) is 3.22. The quantitative estimate of drug-likeness (QED) is 0.442. The van der Waals surface area contributed by atoms with Crippen molar-refractivity contribution in [1.29, 1.82) is 0 Å². The Morgan fingerprint density at radius 3 is 3.03 bits per heavy atom. The Morgan fingerprint density at radius 2 is 2.21 bits per heavy atom. The standard InChI is InChI=1S/C21H25ClFN7O3/c1-32-6-7-33-20(31)30-5-3-2-4-21(30,24)12-28-19-16(23)11-27-18(29-19)15-10-26-17-14(15)8-13(22)9-25-17/h8-11H,2-7,12,24H2,1H3,(H,25,26)(H,27,28,29)/t21-/m1/s1. The Balaban J connectivity index is 1.53. The summed E-state index contributed by atoms with van der Waals surface area (Å²) in [5.41, 5.74) is 6.75. The molecule has 3 aromatic heterocycles. The zero-order valence-corrected chi connectivity index (χ0v) is 18.9. The van der Waals surface area contributed by atoms with Crippen LogP contribution in [0.4, 0.5) is 15.0 Å². The lowest BCUT2D eigenvalue weighted by Crippen LogP contribution is -2.64. The van der Waals surface area contributed by atoms with Crippen molar-refractivity contribution in [3.8, 4) is 11.4 Å². The highest BCUT2D eigenvalue weighted by Crippen LogP contribution is 2.29. The third-order valence-electron chi connectivity index (χ3n) is 5.56. The number of methoxy groups -OCH3 is 1. The number of pyridine rings is 1. The number of H-pyrrole nitrogens is 1. The van der Waals surface area contributed by atoms with Gasteiger partial charge in [-0.1, -0.05) is 11.6 Å². The number of nitrogens with one attached hydrogen (secondary N) is 2. The molecule has 0 aliphatic carbocycles. The Hall–Kier alpha value is -3.02. The summed E-state index contributed by atoms with van der Waals surface area (Å²) in [6, 6.07) is 1.74. The third kappa shape index (κ3) is 5.00. The number of aromatic amines is 1. The number of likely N-dealkylation sites (tertiary alicyclic amines) is 1. The van der Waals surface area contributed by atoms with Gasteiger partial charge < -0.3 is 25.5 Å². The molecule has 0 aromatic carbocycles. The van der Waals surface area contributed by atoms with Crippen molar-refractivity contribution in [3.05, 3.63) is 35.5 Å². The lowest BCUT2D eigenvalue weighted by Gasteiger charge is -2.43. The highest BCUT2D eigenvalue weighted by atomic mass is 35.5. The van der Waals surface area contributed by atoms with Crippen LogP contribution in [0.25, 0.3) is 22.4 Å². The summed E-state index contributed by atoms with van der Waals surface area (Å²) in [7, 11) is 1.53. The number of amides is 1. The fraction of sp³-hybridized carbons (Fsp3) is 0.429. The first kappa shape index (κ1) is 23.1. The summed E-state index contributed by atoms with van der Waals surface area (Å²) >= 11 is 6.07. The molecule has 1 atom stereocenters. The van der Waals surface area contributed by atoms with Gasteiger partial charge in [-0.3, -0.25) is 4.90 Å². The van der Waals surface area contributed by atoms with Crippen LogP contribution in [0.1, 0.15) is 19.3 Å². The van der Waals surface area contributed by atoms with E-state index in [1.165, 1.54) is 18.2 Å². The van der Waals surface area contributed by atoms with Gasteiger partial charge in [0.2, 0.25) is 0 Å². The van der Waals surface area contributed by atoms with Crippen molar-refractivity contribution >= 4 is 34.5 Å². The number of nitrogens with zero attached hydrogens (tertiary/aromatic N) is 4. The van der Waals surface area contributed by atoms with E-state index in [1.54, 1.807) is 12.3 Å². The number of carbonyl (C=O) groups is 1. The Morgan fingerprint density at radius 1 is 1.36 bits per heavy atom. The maximum absolute atomic E-state index is 14.5. The molecule has 1 aliphatic rings. The van der Waals surface area contributed by atoms with Crippen molar-refractivity contribution in [2.24, 2.45) is 5.73 Å². The molecule has 1 saturated heterocycles. The molecule has 1 aliphatic heterocycles. The number of anilines is 1. The molecule has 0 bridgehead atoms. The summed E-state index contributed by atoms with van der Waals surface area (Å²) in [4.78, 5) is 29.7. The van der Waals surface area contributed by atoms with Gasteiger partial charge in [0, 0.05) is 37.0 Å². The second-order valence-corrected chi connectivity index (χ2v) is 8.25. The molecule has 0 radical (unpaired) electrons. The molecule has 1 fully saturated rings. The molecular formula is C21H25ClFN7O3. The van der Waals surface area contributed by atoms with Gasteiger partial charge in [-0.25, -0.2) is 24.1 Å². The van der Waals surface area contributed by atoms with Crippen LogP contribution in [0, 0.1) is 5.82 Å². The van der Waals surface area contributed by atoms with Crippen LogP contribution in [0.2, 0.25) is 5.02 Å². The van der Waals surface area contributed by atoms with Crippen molar-refractivity contribution in [3.63, 3.8) is 0 Å². The van der Waals surface area contributed by atoms with Crippen molar-refractivity contribution in [2.75, 3.05) is 38.7 Å². The normalized spacial score (nSPS) is 18.5. The molecule has 1 amide bonds.